The Morgan fingerprint density at radius 1 is 1.12 bits per heavy atom. The van der Waals surface area contributed by atoms with Crippen LogP contribution in [-0.4, -0.2) is 31.1 Å². The van der Waals surface area contributed by atoms with Crippen molar-refractivity contribution in [3.05, 3.63) is 53.7 Å². The molecule has 0 radical (unpaired) electrons. The zero-order valence-corrected chi connectivity index (χ0v) is 14.7. The number of aromatic nitrogens is 1. The van der Waals surface area contributed by atoms with E-state index in [1.165, 1.54) is 12.8 Å². The summed E-state index contributed by atoms with van der Waals surface area (Å²) in [6, 6.07) is 11.9. The first-order chi connectivity index (χ1) is 12.2. The molecule has 1 saturated heterocycles. The predicted octanol–water partition coefficient (Wildman–Crippen LogP) is 2.94. The van der Waals surface area contributed by atoms with E-state index in [-0.39, 0.29) is 5.91 Å². The Bertz CT molecular complexity index is 677. The second kappa shape index (κ2) is 8.51. The van der Waals surface area contributed by atoms with Crippen LogP contribution in [-0.2, 0) is 17.8 Å². The molecule has 5 heteroatoms. The van der Waals surface area contributed by atoms with Crippen molar-refractivity contribution in [2.45, 2.75) is 32.2 Å². The third-order valence-electron chi connectivity index (χ3n) is 4.53. The van der Waals surface area contributed by atoms with Crippen LogP contribution in [0.1, 0.15) is 30.4 Å². The van der Waals surface area contributed by atoms with Crippen LogP contribution in [0.4, 0.5) is 5.82 Å². The molecule has 0 spiro atoms. The van der Waals surface area contributed by atoms with Crippen LogP contribution in [0.15, 0.2) is 42.6 Å². The number of nitrogens with one attached hydrogen (secondary N) is 1. The van der Waals surface area contributed by atoms with E-state index in [9.17, 15) is 4.79 Å². The summed E-state index contributed by atoms with van der Waals surface area (Å²) in [5.74, 6) is 1.92. The Labute approximate surface area is 149 Å². The van der Waals surface area contributed by atoms with Crippen molar-refractivity contribution in [2.75, 3.05) is 25.1 Å². The van der Waals surface area contributed by atoms with Gasteiger partial charge in [0.25, 0.3) is 0 Å². The molecule has 1 aromatic carbocycles. The molecule has 0 atom stereocenters. The summed E-state index contributed by atoms with van der Waals surface area (Å²) in [4.78, 5) is 18.8. The summed E-state index contributed by atoms with van der Waals surface area (Å²) < 4.78 is 5.13. The van der Waals surface area contributed by atoms with E-state index in [2.05, 4.69) is 15.2 Å². The molecular formula is C20H25N3O2. The average Bonchev–Trinajstić information content (AvgIpc) is 3.20. The summed E-state index contributed by atoms with van der Waals surface area (Å²) in [5, 5.41) is 2.96. The number of hydrogen-bond donors (Lipinski definition) is 1. The van der Waals surface area contributed by atoms with Crippen LogP contribution in [0, 0.1) is 0 Å². The van der Waals surface area contributed by atoms with Gasteiger partial charge in [-0.05, 0) is 48.6 Å². The van der Waals surface area contributed by atoms with Gasteiger partial charge in [0, 0.05) is 32.3 Å². The predicted molar refractivity (Wildman–Crippen MR) is 98.8 cm³/mol. The maximum atomic E-state index is 12.0. The fourth-order valence-electron chi connectivity index (χ4n) is 2.99. The van der Waals surface area contributed by atoms with Crippen LogP contribution >= 0.6 is 0 Å². The molecule has 3 rings (SSSR count). The first-order valence-corrected chi connectivity index (χ1v) is 8.84. The number of anilines is 1. The second-order valence-corrected chi connectivity index (χ2v) is 6.34. The summed E-state index contributed by atoms with van der Waals surface area (Å²) >= 11 is 0. The monoisotopic (exact) mass is 339 g/mol. The van der Waals surface area contributed by atoms with Gasteiger partial charge in [0.05, 0.1) is 7.11 Å². The number of methoxy groups -OCH3 is 1. The topological polar surface area (TPSA) is 54.5 Å². The van der Waals surface area contributed by atoms with Gasteiger partial charge >= 0.3 is 0 Å². The smallest absolute Gasteiger partial charge is 0.220 e. The molecule has 1 N–H and O–H groups in total. The van der Waals surface area contributed by atoms with E-state index in [0.717, 1.165) is 42.2 Å². The first-order valence-electron chi connectivity index (χ1n) is 8.84. The molecule has 1 aliphatic heterocycles. The van der Waals surface area contributed by atoms with Gasteiger partial charge in [-0.3, -0.25) is 4.79 Å². The van der Waals surface area contributed by atoms with Gasteiger partial charge in [-0.1, -0.05) is 18.2 Å². The lowest BCUT2D eigenvalue weighted by Gasteiger charge is -2.16. The van der Waals surface area contributed by atoms with Gasteiger partial charge in [0.1, 0.15) is 11.6 Å². The number of carbonyl (C=O) groups excluding carboxylic acids is 1. The fraction of sp³-hybridized carbons (Fsp3) is 0.400. The number of amides is 1. The highest BCUT2D eigenvalue weighted by molar-refractivity contribution is 5.76. The molecule has 1 amide bonds. The zero-order valence-electron chi connectivity index (χ0n) is 14.7. The highest BCUT2D eigenvalue weighted by atomic mass is 16.5. The lowest BCUT2D eigenvalue weighted by atomic mass is 10.1. The molecule has 132 valence electrons. The summed E-state index contributed by atoms with van der Waals surface area (Å²) in [6.45, 7) is 2.71. The molecule has 0 aliphatic carbocycles. The SMILES string of the molecule is COc1ccc(CCC(=O)NCc2ccc(N3CCCC3)nc2)cc1. The molecule has 2 heterocycles. The van der Waals surface area contributed by atoms with Gasteiger partial charge in [-0.15, -0.1) is 0 Å². The van der Waals surface area contributed by atoms with Crippen molar-refractivity contribution < 1.29 is 9.53 Å². The Hall–Kier alpha value is -2.56. The van der Waals surface area contributed by atoms with E-state index >= 15 is 0 Å². The maximum absolute atomic E-state index is 12.0. The van der Waals surface area contributed by atoms with Crippen LogP contribution in [0.25, 0.3) is 0 Å². The van der Waals surface area contributed by atoms with E-state index < -0.39 is 0 Å². The van der Waals surface area contributed by atoms with Gasteiger partial charge in [0.15, 0.2) is 0 Å². The molecule has 1 aromatic heterocycles. The summed E-state index contributed by atoms with van der Waals surface area (Å²) in [7, 11) is 1.65. The number of rotatable bonds is 7. The number of hydrogen-bond acceptors (Lipinski definition) is 4. The van der Waals surface area contributed by atoms with Crippen molar-refractivity contribution >= 4 is 11.7 Å². The normalized spacial score (nSPS) is 13.7. The standard InChI is InChI=1S/C20H25N3O2/c1-25-18-8-4-16(5-9-18)7-11-20(24)22-15-17-6-10-19(21-14-17)23-12-2-3-13-23/h4-6,8-10,14H,2-3,7,11-13,15H2,1H3,(H,22,24). The van der Waals surface area contributed by atoms with Crippen molar-refractivity contribution in [3.63, 3.8) is 0 Å². The molecule has 5 nitrogen and oxygen atoms in total. The van der Waals surface area contributed by atoms with Gasteiger partial charge in [0.2, 0.25) is 5.91 Å². The van der Waals surface area contributed by atoms with Crippen molar-refractivity contribution in [1.29, 1.82) is 0 Å². The molecule has 1 fully saturated rings. The highest BCUT2D eigenvalue weighted by Gasteiger charge is 2.13. The second-order valence-electron chi connectivity index (χ2n) is 6.34. The van der Waals surface area contributed by atoms with E-state index in [1.807, 2.05) is 42.6 Å². The van der Waals surface area contributed by atoms with E-state index in [4.69, 9.17) is 4.74 Å². The van der Waals surface area contributed by atoms with Gasteiger partial charge in [-0.25, -0.2) is 4.98 Å². The molecule has 25 heavy (non-hydrogen) atoms. The minimum absolute atomic E-state index is 0.0550. The molecule has 0 saturated carbocycles. The highest BCUT2D eigenvalue weighted by Crippen LogP contribution is 2.17. The number of ether oxygens (including phenoxy) is 1. The lowest BCUT2D eigenvalue weighted by molar-refractivity contribution is -0.121. The van der Waals surface area contributed by atoms with Crippen LogP contribution in [0.2, 0.25) is 0 Å². The number of aryl methyl sites for hydroxylation is 1. The molecule has 0 unspecified atom stereocenters. The minimum atomic E-state index is 0.0550. The third-order valence-corrected chi connectivity index (χ3v) is 4.53. The maximum Gasteiger partial charge on any atom is 0.220 e. The average molecular weight is 339 g/mol. The Morgan fingerprint density at radius 3 is 2.48 bits per heavy atom. The summed E-state index contributed by atoms with van der Waals surface area (Å²) in [6.07, 6.45) is 5.55. The number of carbonyl (C=O) groups is 1. The van der Waals surface area contributed by atoms with Crippen LogP contribution in [0.3, 0.4) is 0 Å². The Kier molecular flexibility index (Phi) is 5.88. The number of benzene rings is 1. The third kappa shape index (κ3) is 4.95. The van der Waals surface area contributed by atoms with Crippen LogP contribution < -0.4 is 15.0 Å². The molecule has 1 aliphatic rings. The lowest BCUT2D eigenvalue weighted by Crippen LogP contribution is -2.23. The molecular weight excluding hydrogens is 314 g/mol. The van der Waals surface area contributed by atoms with E-state index in [0.29, 0.717) is 13.0 Å². The van der Waals surface area contributed by atoms with Gasteiger partial charge in [-0.2, -0.15) is 0 Å². The van der Waals surface area contributed by atoms with Gasteiger partial charge < -0.3 is 15.0 Å². The molecule has 0 bridgehead atoms. The van der Waals surface area contributed by atoms with Crippen LogP contribution in [0.5, 0.6) is 5.75 Å². The van der Waals surface area contributed by atoms with Crippen molar-refractivity contribution in [1.82, 2.24) is 10.3 Å². The fourth-order valence-corrected chi connectivity index (χ4v) is 2.99. The van der Waals surface area contributed by atoms with Crippen molar-refractivity contribution in [2.24, 2.45) is 0 Å². The summed E-state index contributed by atoms with van der Waals surface area (Å²) in [5.41, 5.74) is 2.16. The quantitative estimate of drug-likeness (QED) is 0.843. The van der Waals surface area contributed by atoms with E-state index in [1.54, 1.807) is 7.11 Å². The zero-order chi connectivity index (χ0) is 17.5. The largest absolute Gasteiger partial charge is 0.497 e. The Morgan fingerprint density at radius 2 is 1.84 bits per heavy atom. The number of pyridine rings is 1. The minimum Gasteiger partial charge on any atom is -0.497 e. The van der Waals surface area contributed by atoms with Crippen molar-refractivity contribution in [3.8, 4) is 5.75 Å². The molecule has 2 aromatic rings. The number of nitrogens with zero attached hydrogens (tertiary/aromatic N) is 2. The Balaban J connectivity index is 1.42. The first kappa shape index (κ1) is 17.3.